The van der Waals surface area contributed by atoms with Gasteiger partial charge in [0.15, 0.2) is 15.7 Å². The molecule has 0 spiro atoms. The fraction of sp³-hybridized carbons (Fsp3) is 0.486. The van der Waals surface area contributed by atoms with E-state index < -0.39 is 39.3 Å². The quantitative estimate of drug-likeness (QED) is 0.201. The number of sulfone groups is 1. The summed E-state index contributed by atoms with van der Waals surface area (Å²) in [6.45, 7) is 14.5. The Morgan fingerprint density at radius 3 is 2.08 bits per heavy atom. The second kappa shape index (κ2) is 17.3. The third-order valence-corrected chi connectivity index (χ3v) is 10.1. The first-order valence-corrected chi connectivity index (χ1v) is 19.8. The number of urea groups is 1. The first-order valence-electron chi connectivity index (χ1n) is 17.1. The van der Waals surface area contributed by atoms with Crippen LogP contribution in [0.3, 0.4) is 0 Å². The van der Waals surface area contributed by atoms with Crippen LogP contribution in [0.2, 0.25) is 0 Å². The van der Waals surface area contributed by atoms with Crippen LogP contribution in [-0.2, 0) is 25.9 Å². The van der Waals surface area contributed by atoms with Crippen molar-refractivity contribution < 1.29 is 37.1 Å². The van der Waals surface area contributed by atoms with Gasteiger partial charge in [0.05, 0.1) is 11.5 Å². The number of imide groups is 1. The van der Waals surface area contributed by atoms with Gasteiger partial charge in [0.2, 0.25) is 0 Å². The van der Waals surface area contributed by atoms with Crippen molar-refractivity contribution in [1.82, 2.24) is 25.5 Å². The zero-order chi connectivity index (χ0) is 39.0. The van der Waals surface area contributed by atoms with Crippen LogP contribution in [0.1, 0.15) is 63.7 Å². The van der Waals surface area contributed by atoms with Crippen LogP contribution in [0.5, 0.6) is 0 Å². The van der Waals surface area contributed by atoms with Crippen molar-refractivity contribution in [2.24, 2.45) is 0 Å². The molecule has 0 saturated carbocycles. The molecule has 0 aliphatic carbocycles. The minimum Gasteiger partial charge on any atom is -0.443 e. The lowest BCUT2D eigenvalue weighted by Gasteiger charge is -2.28. The molecular weight excluding hydrogens is 725 g/mol. The lowest BCUT2D eigenvalue weighted by molar-refractivity contribution is 0.0428. The summed E-state index contributed by atoms with van der Waals surface area (Å²) in [5.74, 6) is 0.473. The average molecular weight is 773 g/mol. The Hall–Kier alpha value is -4.81. The highest BCUT2D eigenvalue weighted by atomic mass is 32.2. The van der Waals surface area contributed by atoms with Crippen LogP contribution in [0.25, 0.3) is 10.6 Å². The van der Waals surface area contributed by atoms with Gasteiger partial charge in [0.1, 0.15) is 26.9 Å². The van der Waals surface area contributed by atoms with Crippen molar-refractivity contribution in [2.75, 3.05) is 59.8 Å². The van der Waals surface area contributed by atoms with Gasteiger partial charge in [0.25, 0.3) is 5.91 Å². The molecule has 0 radical (unpaired) electrons. The lowest BCUT2D eigenvalue weighted by Crippen LogP contribution is -2.44. The van der Waals surface area contributed by atoms with E-state index in [2.05, 4.69) is 31.2 Å². The Labute approximate surface area is 314 Å². The van der Waals surface area contributed by atoms with E-state index in [1.807, 2.05) is 11.8 Å². The minimum atomic E-state index is -2.97. The maximum Gasteiger partial charge on any atom is 0.425 e. The van der Waals surface area contributed by atoms with Crippen molar-refractivity contribution in [1.29, 1.82) is 0 Å². The second-order valence-corrected chi connectivity index (χ2v) is 17.5. The van der Waals surface area contributed by atoms with Crippen LogP contribution in [0, 0.1) is 0 Å². The van der Waals surface area contributed by atoms with E-state index in [1.165, 1.54) is 23.6 Å². The largest absolute Gasteiger partial charge is 0.443 e. The molecule has 0 bridgehead atoms. The normalized spacial score (nSPS) is 14.5. The fourth-order valence-electron chi connectivity index (χ4n) is 4.85. The molecule has 1 fully saturated rings. The Morgan fingerprint density at radius 1 is 0.906 bits per heavy atom. The van der Waals surface area contributed by atoms with E-state index in [1.54, 1.807) is 71.9 Å². The van der Waals surface area contributed by atoms with Crippen LogP contribution >= 0.6 is 11.3 Å². The van der Waals surface area contributed by atoms with Gasteiger partial charge in [-0.15, -0.1) is 11.3 Å². The minimum absolute atomic E-state index is 0.00131. The van der Waals surface area contributed by atoms with E-state index in [4.69, 9.17) is 9.47 Å². The summed E-state index contributed by atoms with van der Waals surface area (Å²) < 4.78 is 34.1. The Bertz CT molecular complexity index is 1830. The first-order chi connectivity index (χ1) is 24.8. The second-order valence-electron chi connectivity index (χ2n) is 14.2. The predicted octanol–water partition coefficient (Wildman–Crippen LogP) is 5.10. The predicted molar refractivity (Wildman–Crippen MR) is 204 cm³/mol. The highest BCUT2D eigenvalue weighted by Crippen LogP contribution is 2.32. The van der Waals surface area contributed by atoms with Crippen molar-refractivity contribution in [2.45, 2.75) is 66.2 Å². The molecule has 16 nitrogen and oxygen atoms in total. The average Bonchev–Trinajstić information content (AvgIpc) is 3.48. The molecule has 4 N–H and O–H groups in total. The highest BCUT2D eigenvalue weighted by Gasteiger charge is 2.33. The number of anilines is 3. The number of carbonyl (C=O) groups is 4. The summed E-state index contributed by atoms with van der Waals surface area (Å²) in [5, 5.41) is 12.2. The van der Waals surface area contributed by atoms with Crippen LogP contribution in [0.4, 0.5) is 31.7 Å². The molecule has 1 aromatic carbocycles. The monoisotopic (exact) mass is 772 g/mol. The molecule has 0 atom stereocenters. The van der Waals surface area contributed by atoms with Crippen molar-refractivity contribution in [3.8, 4) is 10.6 Å². The standard InChI is InChI=1S/C35H48N8O8S2/c1-8-36-28-27(29(44)37-15-16-42-17-19-53(48,49)20-18-42)52-30(41-28)24-10-12-25(13-11-24)40-31(45)39-22-23-9-14-26(38-21-23)43(32(46)50-34(2,3)4)33(47)51-35(5,6)7/h9-14,21,36H,8,15-20,22H2,1-7H3,(H,37,44)(H2,39,40,45). The SMILES string of the molecule is CCNc1nc(-c2ccc(NC(=O)NCc3ccc(N(C(=O)OC(C)(C)C)C(=O)OC(C)(C)C)nc3)cc2)sc1C(=O)NCCN1CCS(=O)(=O)CC1. The van der Waals surface area contributed by atoms with Crippen molar-refractivity contribution in [3.63, 3.8) is 0 Å². The number of pyridine rings is 1. The first kappa shape index (κ1) is 41.0. The van der Waals surface area contributed by atoms with Gasteiger partial charge in [-0.1, -0.05) is 6.07 Å². The summed E-state index contributed by atoms with van der Waals surface area (Å²) in [4.78, 5) is 63.6. The number of ether oxygens (including phenoxy) is 2. The molecule has 3 aromatic rings. The third kappa shape index (κ3) is 12.7. The summed E-state index contributed by atoms with van der Waals surface area (Å²) in [5.41, 5.74) is 0.163. The van der Waals surface area contributed by atoms with Gasteiger partial charge in [-0.3, -0.25) is 9.69 Å². The summed E-state index contributed by atoms with van der Waals surface area (Å²) in [6, 6.07) is 9.63. The molecule has 3 heterocycles. The molecule has 288 valence electrons. The zero-order valence-corrected chi connectivity index (χ0v) is 32.7. The number of nitrogens with one attached hydrogen (secondary N) is 4. The molecule has 1 aliphatic heterocycles. The molecule has 2 aromatic heterocycles. The molecule has 53 heavy (non-hydrogen) atoms. The smallest absolute Gasteiger partial charge is 0.425 e. The number of aromatic nitrogens is 2. The number of nitrogens with zero attached hydrogens (tertiary/aromatic N) is 4. The van der Waals surface area contributed by atoms with Gasteiger partial charge < -0.3 is 30.7 Å². The number of rotatable bonds is 11. The molecule has 0 unspecified atom stereocenters. The van der Waals surface area contributed by atoms with Gasteiger partial charge in [-0.2, -0.15) is 4.90 Å². The Morgan fingerprint density at radius 2 is 1.53 bits per heavy atom. The number of amides is 5. The zero-order valence-electron chi connectivity index (χ0n) is 31.1. The number of carbonyl (C=O) groups excluding carboxylic acids is 4. The van der Waals surface area contributed by atoms with E-state index in [-0.39, 0.29) is 29.8 Å². The van der Waals surface area contributed by atoms with Crippen molar-refractivity contribution in [3.05, 3.63) is 53.0 Å². The molecule has 1 aliphatic rings. The van der Waals surface area contributed by atoms with Crippen molar-refractivity contribution >= 4 is 62.6 Å². The number of thiazole rings is 1. The van der Waals surface area contributed by atoms with Crippen LogP contribution in [-0.4, -0.2) is 103 Å². The third-order valence-electron chi connectivity index (χ3n) is 7.36. The molecule has 18 heteroatoms. The Kier molecular flexibility index (Phi) is 13.4. The fourth-order valence-corrected chi connectivity index (χ4v) is 7.09. The van der Waals surface area contributed by atoms with Crippen LogP contribution < -0.4 is 26.2 Å². The van der Waals surface area contributed by atoms with E-state index in [0.29, 0.717) is 59.7 Å². The highest BCUT2D eigenvalue weighted by molar-refractivity contribution is 7.91. The topological polar surface area (TPSA) is 201 Å². The number of benzene rings is 1. The van der Waals surface area contributed by atoms with Crippen LogP contribution in [0.15, 0.2) is 42.6 Å². The summed E-state index contributed by atoms with van der Waals surface area (Å²) in [6.07, 6.45) is -0.437. The maximum absolute atomic E-state index is 13.1. The number of hydrogen-bond acceptors (Lipinski definition) is 13. The lowest BCUT2D eigenvalue weighted by atomic mass is 10.2. The molecule has 1 saturated heterocycles. The van der Waals surface area contributed by atoms with Gasteiger partial charge in [-0.25, -0.2) is 32.8 Å². The molecule has 5 amide bonds. The van der Waals surface area contributed by atoms with Gasteiger partial charge in [-0.05, 0) is 84.4 Å². The molecule has 4 rings (SSSR count). The number of hydrogen-bond donors (Lipinski definition) is 4. The van der Waals surface area contributed by atoms with Gasteiger partial charge >= 0.3 is 18.2 Å². The summed E-state index contributed by atoms with van der Waals surface area (Å²) in [7, 11) is -2.97. The van der Waals surface area contributed by atoms with E-state index in [9.17, 15) is 27.6 Å². The Balaban J connectivity index is 1.32. The van der Waals surface area contributed by atoms with E-state index in [0.717, 1.165) is 10.5 Å². The van der Waals surface area contributed by atoms with E-state index >= 15 is 0 Å². The maximum atomic E-state index is 13.1. The molecular formula is C35H48N8O8S2. The van der Waals surface area contributed by atoms with Gasteiger partial charge in [0, 0.05) is 56.7 Å². The summed E-state index contributed by atoms with van der Waals surface area (Å²) >= 11 is 1.24.